The van der Waals surface area contributed by atoms with E-state index < -0.39 is 0 Å². The first-order valence-electron chi connectivity index (χ1n) is 24.6. The quantitative estimate of drug-likeness (QED) is 0.132. The smallest absolute Gasteiger partial charge is 0.145 e. The van der Waals surface area contributed by atoms with Crippen molar-refractivity contribution in [2.24, 2.45) is 0 Å². The lowest BCUT2D eigenvalue weighted by atomic mass is 9.77. The molecule has 71 heavy (non-hydrogen) atoms. The summed E-state index contributed by atoms with van der Waals surface area (Å²) in [5.74, 6) is 1.13. The molecule has 2 heteroatoms. The van der Waals surface area contributed by atoms with E-state index in [2.05, 4.69) is 278 Å². The minimum absolute atomic E-state index is 0.212. The summed E-state index contributed by atoms with van der Waals surface area (Å²) in [5, 5.41) is 4.96. The molecule has 1 heterocycles. The van der Waals surface area contributed by atoms with Crippen LogP contribution < -0.4 is 0 Å². The summed E-state index contributed by atoms with van der Waals surface area (Å²) < 4.78 is 2.27. The molecular formula is C69H48N2. The second-order valence-corrected chi connectivity index (χ2v) is 18.6. The molecule has 11 aromatic carbocycles. The van der Waals surface area contributed by atoms with Gasteiger partial charge in [0.05, 0.1) is 11.0 Å². The zero-order chi connectivity index (χ0) is 47.1. The summed E-state index contributed by atoms with van der Waals surface area (Å²) in [6.45, 7) is 0. The summed E-state index contributed by atoms with van der Waals surface area (Å²) in [4.78, 5) is 5.19. The maximum atomic E-state index is 5.19. The van der Waals surface area contributed by atoms with Gasteiger partial charge in [-0.05, 0) is 149 Å². The van der Waals surface area contributed by atoms with Crippen LogP contribution in [0.4, 0.5) is 0 Å². The summed E-state index contributed by atoms with van der Waals surface area (Å²) in [6, 6.07) is 94.9. The molecule has 0 fully saturated rings. The maximum Gasteiger partial charge on any atom is 0.145 e. The largest absolute Gasteiger partial charge is 0.292 e. The van der Waals surface area contributed by atoms with E-state index in [4.69, 9.17) is 4.98 Å². The summed E-state index contributed by atoms with van der Waals surface area (Å²) in [6.07, 6.45) is 5.83. The van der Waals surface area contributed by atoms with Gasteiger partial charge < -0.3 is 0 Å². The van der Waals surface area contributed by atoms with Crippen LogP contribution in [-0.2, 0) is 0 Å². The molecule has 0 spiro atoms. The summed E-state index contributed by atoms with van der Waals surface area (Å²) in [7, 11) is 0. The third kappa shape index (κ3) is 7.86. The highest BCUT2D eigenvalue weighted by molar-refractivity contribution is 6.20. The van der Waals surface area contributed by atoms with E-state index in [-0.39, 0.29) is 5.92 Å². The number of allylic oxidation sites excluding steroid dienone is 4. The molecule has 2 nitrogen and oxygen atoms in total. The van der Waals surface area contributed by atoms with Gasteiger partial charge in [0.2, 0.25) is 0 Å². The van der Waals surface area contributed by atoms with Crippen molar-refractivity contribution in [3.63, 3.8) is 0 Å². The number of para-hydroxylation sites is 3. The van der Waals surface area contributed by atoms with Crippen molar-refractivity contribution in [2.75, 3.05) is 0 Å². The Labute approximate surface area is 414 Å². The molecule has 334 valence electrons. The molecule has 1 aliphatic carbocycles. The Morgan fingerprint density at radius 1 is 0.352 bits per heavy atom. The second kappa shape index (κ2) is 18.1. The molecule has 0 bridgehead atoms. The molecular weight excluding hydrogens is 857 g/mol. The van der Waals surface area contributed by atoms with Crippen LogP contribution >= 0.6 is 0 Å². The molecule has 1 unspecified atom stereocenters. The Morgan fingerprint density at radius 3 is 1.51 bits per heavy atom. The van der Waals surface area contributed by atoms with Gasteiger partial charge in [0, 0.05) is 17.2 Å². The van der Waals surface area contributed by atoms with Crippen LogP contribution in [0, 0.1) is 0 Å². The van der Waals surface area contributed by atoms with Gasteiger partial charge in [-0.1, -0.05) is 224 Å². The molecule has 0 N–H and O–H groups in total. The first-order chi connectivity index (χ1) is 35.2. The molecule has 13 rings (SSSR count). The monoisotopic (exact) mass is 904 g/mol. The first kappa shape index (κ1) is 42.0. The fourth-order valence-corrected chi connectivity index (χ4v) is 11.0. The molecule has 0 aliphatic heterocycles. The van der Waals surface area contributed by atoms with Crippen LogP contribution in [0.1, 0.15) is 29.0 Å². The SMILES string of the molecule is C1=C(c2ccccc2)C=C(c2c3ccccc3c(-c3cc(-c4ccccc4)cc(-c4ccccc4)c3)c3cc(-c4ccc(-c5nc6ccccc6n5-c5ccccc5)cc4)ccc23)CC1c1ccccc1. The van der Waals surface area contributed by atoms with Crippen molar-refractivity contribution < 1.29 is 0 Å². The minimum atomic E-state index is 0.212. The lowest BCUT2D eigenvalue weighted by molar-refractivity contribution is 0.872. The molecule has 1 aliphatic rings. The highest BCUT2D eigenvalue weighted by Gasteiger charge is 2.25. The van der Waals surface area contributed by atoms with Gasteiger partial charge in [0.15, 0.2) is 0 Å². The number of rotatable bonds is 9. The number of benzene rings is 11. The van der Waals surface area contributed by atoms with E-state index in [1.165, 1.54) is 82.8 Å². The Morgan fingerprint density at radius 2 is 0.845 bits per heavy atom. The highest BCUT2D eigenvalue weighted by atomic mass is 15.1. The van der Waals surface area contributed by atoms with Gasteiger partial charge in [0.1, 0.15) is 5.82 Å². The molecule has 0 amide bonds. The van der Waals surface area contributed by atoms with Crippen LogP contribution in [0.15, 0.2) is 273 Å². The summed E-state index contributed by atoms with van der Waals surface area (Å²) >= 11 is 0. The third-order valence-corrected chi connectivity index (χ3v) is 14.3. The number of hydrogen-bond acceptors (Lipinski definition) is 1. The molecule has 1 atom stereocenters. The zero-order valence-corrected chi connectivity index (χ0v) is 39.2. The van der Waals surface area contributed by atoms with Crippen molar-refractivity contribution in [3.8, 4) is 61.6 Å². The van der Waals surface area contributed by atoms with Crippen LogP contribution in [-0.4, -0.2) is 9.55 Å². The second-order valence-electron chi connectivity index (χ2n) is 18.6. The number of fused-ring (bicyclic) bond motifs is 3. The van der Waals surface area contributed by atoms with Gasteiger partial charge in [-0.15, -0.1) is 0 Å². The van der Waals surface area contributed by atoms with Crippen molar-refractivity contribution in [2.45, 2.75) is 12.3 Å². The Balaban J connectivity index is 1.05. The van der Waals surface area contributed by atoms with Gasteiger partial charge in [-0.2, -0.15) is 0 Å². The highest BCUT2D eigenvalue weighted by Crippen LogP contribution is 2.49. The van der Waals surface area contributed by atoms with E-state index in [1.54, 1.807) is 0 Å². The lowest BCUT2D eigenvalue weighted by Crippen LogP contribution is -2.05. The topological polar surface area (TPSA) is 17.8 Å². The average Bonchev–Trinajstić information content (AvgIpc) is 3.85. The van der Waals surface area contributed by atoms with E-state index >= 15 is 0 Å². The van der Waals surface area contributed by atoms with Crippen LogP contribution in [0.3, 0.4) is 0 Å². The molecule has 1 aromatic heterocycles. The predicted octanol–water partition coefficient (Wildman–Crippen LogP) is 18.3. The van der Waals surface area contributed by atoms with E-state index in [0.717, 1.165) is 45.7 Å². The number of imidazole rings is 1. The Bertz CT molecular complexity index is 3900. The molecule has 12 aromatic rings. The van der Waals surface area contributed by atoms with Gasteiger partial charge in [-0.25, -0.2) is 4.98 Å². The Kier molecular flexibility index (Phi) is 10.7. The fraction of sp³-hybridized carbons (Fsp3) is 0.0290. The van der Waals surface area contributed by atoms with Gasteiger partial charge in [-0.3, -0.25) is 4.57 Å². The molecule has 0 saturated carbocycles. The van der Waals surface area contributed by atoms with Crippen LogP contribution in [0.25, 0.3) is 105 Å². The zero-order valence-electron chi connectivity index (χ0n) is 39.2. The number of aromatic nitrogens is 2. The van der Waals surface area contributed by atoms with E-state index in [9.17, 15) is 0 Å². The Hall–Kier alpha value is -9.11. The minimum Gasteiger partial charge on any atom is -0.292 e. The maximum absolute atomic E-state index is 5.19. The number of hydrogen-bond donors (Lipinski definition) is 0. The van der Waals surface area contributed by atoms with Crippen LogP contribution in [0.2, 0.25) is 0 Å². The predicted molar refractivity (Wildman–Crippen MR) is 299 cm³/mol. The average molecular weight is 905 g/mol. The fourth-order valence-electron chi connectivity index (χ4n) is 11.0. The van der Waals surface area contributed by atoms with Gasteiger partial charge >= 0.3 is 0 Å². The van der Waals surface area contributed by atoms with E-state index in [1.807, 2.05) is 0 Å². The van der Waals surface area contributed by atoms with Crippen LogP contribution in [0.5, 0.6) is 0 Å². The normalized spacial score (nSPS) is 13.6. The first-order valence-corrected chi connectivity index (χ1v) is 24.6. The summed E-state index contributed by atoms with van der Waals surface area (Å²) in [5.41, 5.74) is 20.2. The third-order valence-electron chi connectivity index (χ3n) is 14.3. The standard InChI is InChI=1S/C69H48N2/c1-6-20-47(21-7-1)54-40-55(48-22-8-2-9-23-48)43-58(42-54)67-61-30-16-17-31-62(61)68(59-44-56(49-24-10-3-11-25-49)41-57(45-59)50-26-12-4-13-27-50)64-46-53(38-39-63(64)67)51-34-36-52(37-35-51)69-70-65-32-18-19-33-66(65)71(69)60-28-14-5-15-29-60/h1-42,44-46,55H,43H2. The van der Waals surface area contributed by atoms with Crippen molar-refractivity contribution in [1.82, 2.24) is 9.55 Å². The molecule has 0 saturated heterocycles. The molecule has 0 radical (unpaired) electrons. The van der Waals surface area contributed by atoms with Crippen molar-refractivity contribution >= 4 is 43.7 Å². The van der Waals surface area contributed by atoms with E-state index in [0.29, 0.717) is 0 Å². The lowest BCUT2D eigenvalue weighted by Gasteiger charge is -2.26. The van der Waals surface area contributed by atoms with Crippen molar-refractivity contribution in [1.29, 1.82) is 0 Å². The van der Waals surface area contributed by atoms with Gasteiger partial charge in [0.25, 0.3) is 0 Å². The van der Waals surface area contributed by atoms with Crippen molar-refractivity contribution in [3.05, 3.63) is 290 Å². The number of nitrogens with zero attached hydrogens (tertiary/aromatic N) is 2.